The molecular formula is C12H20N2O. The monoisotopic (exact) mass is 208 g/mol. The van der Waals surface area contributed by atoms with Gasteiger partial charge in [-0.25, -0.2) is 0 Å². The Morgan fingerprint density at radius 3 is 2.60 bits per heavy atom. The maximum Gasteiger partial charge on any atom is 0.118 e. The standard InChI is InChI=1S/C12H20N2O/c1-2-11-3-4-12(15-11)9-14-7-5-10(13)6-8-14/h3-4,10H,2,5-9,13H2,1H3. The van der Waals surface area contributed by atoms with E-state index in [1.165, 1.54) is 0 Å². The second-order valence-electron chi connectivity index (χ2n) is 4.34. The smallest absolute Gasteiger partial charge is 0.118 e. The van der Waals surface area contributed by atoms with E-state index in [-0.39, 0.29) is 0 Å². The lowest BCUT2D eigenvalue weighted by Crippen LogP contribution is -2.39. The fourth-order valence-corrected chi connectivity index (χ4v) is 2.03. The first-order valence-corrected chi connectivity index (χ1v) is 5.83. The third kappa shape index (κ3) is 2.83. The third-order valence-corrected chi connectivity index (χ3v) is 3.08. The SMILES string of the molecule is CCc1ccc(CN2CCC(N)CC2)o1. The molecule has 3 nitrogen and oxygen atoms in total. The van der Waals surface area contributed by atoms with Gasteiger partial charge in [0.15, 0.2) is 0 Å². The second kappa shape index (κ2) is 4.81. The predicted molar refractivity (Wildman–Crippen MR) is 60.6 cm³/mol. The van der Waals surface area contributed by atoms with Crippen molar-refractivity contribution in [2.75, 3.05) is 13.1 Å². The third-order valence-electron chi connectivity index (χ3n) is 3.08. The van der Waals surface area contributed by atoms with Gasteiger partial charge in [-0.05, 0) is 25.0 Å². The zero-order chi connectivity index (χ0) is 10.7. The van der Waals surface area contributed by atoms with Crippen LogP contribution in [0, 0.1) is 0 Å². The molecule has 0 bridgehead atoms. The van der Waals surface area contributed by atoms with Crippen LogP contribution >= 0.6 is 0 Å². The van der Waals surface area contributed by atoms with Gasteiger partial charge in [-0.1, -0.05) is 6.92 Å². The molecule has 1 aliphatic heterocycles. The normalized spacial score (nSPS) is 19.6. The van der Waals surface area contributed by atoms with Crippen LogP contribution in [0.25, 0.3) is 0 Å². The summed E-state index contributed by atoms with van der Waals surface area (Å²) in [6, 6.07) is 4.57. The van der Waals surface area contributed by atoms with Crippen molar-refractivity contribution in [3.63, 3.8) is 0 Å². The van der Waals surface area contributed by atoms with Gasteiger partial charge >= 0.3 is 0 Å². The Labute approximate surface area is 91.2 Å². The number of aryl methyl sites for hydroxylation is 1. The molecule has 84 valence electrons. The summed E-state index contributed by atoms with van der Waals surface area (Å²) in [5.41, 5.74) is 5.87. The van der Waals surface area contributed by atoms with E-state index in [0.29, 0.717) is 6.04 Å². The molecular weight excluding hydrogens is 188 g/mol. The number of piperidine rings is 1. The molecule has 0 saturated carbocycles. The zero-order valence-corrected chi connectivity index (χ0v) is 9.41. The highest BCUT2D eigenvalue weighted by atomic mass is 16.3. The molecule has 0 atom stereocenters. The first kappa shape index (κ1) is 10.7. The molecule has 1 aromatic heterocycles. The average molecular weight is 208 g/mol. The van der Waals surface area contributed by atoms with Crippen LogP contribution in [0.4, 0.5) is 0 Å². The number of furan rings is 1. The molecule has 0 aliphatic carbocycles. The van der Waals surface area contributed by atoms with Crippen LogP contribution in [0.5, 0.6) is 0 Å². The average Bonchev–Trinajstić information content (AvgIpc) is 2.69. The minimum Gasteiger partial charge on any atom is -0.465 e. The summed E-state index contributed by atoms with van der Waals surface area (Å²) < 4.78 is 5.69. The highest BCUT2D eigenvalue weighted by Crippen LogP contribution is 2.15. The zero-order valence-electron chi connectivity index (χ0n) is 9.41. The number of hydrogen-bond acceptors (Lipinski definition) is 3. The largest absolute Gasteiger partial charge is 0.465 e. The Hall–Kier alpha value is -0.800. The van der Waals surface area contributed by atoms with Crippen molar-refractivity contribution in [2.24, 2.45) is 5.73 Å². The quantitative estimate of drug-likeness (QED) is 0.823. The van der Waals surface area contributed by atoms with E-state index in [1.807, 2.05) is 0 Å². The minimum absolute atomic E-state index is 0.407. The number of hydrogen-bond donors (Lipinski definition) is 1. The van der Waals surface area contributed by atoms with Crippen molar-refractivity contribution >= 4 is 0 Å². The van der Waals surface area contributed by atoms with Crippen molar-refractivity contribution in [3.8, 4) is 0 Å². The molecule has 0 radical (unpaired) electrons. The molecule has 0 aromatic carbocycles. The molecule has 0 spiro atoms. The highest BCUT2D eigenvalue weighted by Gasteiger charge is 2.16. The van der Waals surface area contributed by atoms with Crippen LogP contribution in [0.1, 0.15) is 31.3 Å². The summed E-state index contributed by atoms with van der Waals surface area (Å²) >= 11 is 0. The Kier molecular flexibility index (Phi) is 3.44. The second-order valence-corrected chi connectivity index (χ2v) is 4.34. The maximum absolute atomic E-state index is 5.87. The van der Waals surface area contributed by atoms with E-state index in [1.54, 1.807) is 0 Å². The van der Waals surface area contributed by atoms with Crippen molar-refractivity contribution in [3.05, 3.63) is 23.7 Å². The molecule has 15 heavy (non-hydrogen) atoms. The van der Waals surface area contributed by atoms with E-state index in [9.17, 15) is 0 Å². The van der Waals surface area contributed by atoms with Crippen LogP contribution in [-0.4, -0.2) is 24.0 Å². The summed E-state index contributed by atoms with van der Waals surface area (Å²) in [6.07, 6.45) is 3.20. The van der Waals surface area contributed by atoms with Gasteiger partial charge in [0.05, 0.1) is 6.54 Å². The van der Waals surface area contributed by atoms with Gasteiger partial charge in [-0.2, -0.15) is 0 Å². The fraction of sp³-hybridized carbons (Fsp3) is 0.667. The summed E-state index contributed by atoms with van der Waals surface area (Å²) in [6.45, 7) is 5.25. The number of nitrogens with two attached hydrogens (primary N) is 1. The first-order chi connectivity index (χ1) is 7.28. The molecule has 2 rings (SSSR count). The molecule has 1 aliphatic rings. The van der Waals surface area contributed by atoms with Gasteiger partial charge in [0, 0.05) is 25.6 Å². The molecule has 0 unspecified atom stereocenters. The lowest BCUT2D eigenvalue weighted by atomic mass is 10.1. The fourth-order valence-electron chi connectivity index (χ4n) is 2.03. The topological polar surface area (TPSA) is 42.4 Å². The van der Waals surface area contributed by atoms with Crippen molar-refractivity contribution in [1.82, 2.24) is 4.90 Å². The van der Waals surface area contributed by atoms with Crippen LogP contribution in [-0.2, 0) is 13.0 Å². The lowest BCUT2D eigenvalue weighted by molar-refractivity contribution is 0.190. The van der Waals surface area contributed by atoms with E-state index < -0.39 is 0 Å². The predicted octanol–water partition coefficient (Wildman–Crippen LogP) is 1.77. The van der Waals surface area contributed by atoms with E-state index in [0.717, 1.165) is 50.4 Å². The van der Waals surface area contributed by atoms with E-state index in [4.69, 9.17) is 10.2 Å². The Bertz CT molecular complexity index is 300. The highest BCUT2D eigenvalue weighted by molar-refractivity contribution is 5.07. The summed E-state index contributed by atoms with van der Waals surface area (Å²) in [5, 5.41) is 0. The Morgan fingerprint density at radius 2 is 2.00 bits per heavy atom. The van der Waals surface area contributed by atoms with E-state index >= 15 is 0 Å². The van der Waals surface area contributed by atoms with Gasteiger partial charge in [0.2, 0.25) is 0 Å². The molecule has 2 heterocycles. The van der Waals surface area contributed by atoms with Gasteiger partial charge in [0.25, 0.3) is 0 Å². The van der Waals surface area contributed by atoms with Crippen molar-refractivity contribution in [1.29, 1.82) is 0 Å². The minimum atomic E-state index is 0.407. The molecule has 3 heteroatoms. The Morgan fingerprint density at radius 1 is 1.33 bits per heavy atom. The molecule has 1 saturated heterocycles. The summed E-state index contributed by atoms with van der Waals surface area (Å²) in [4.78, 5) is 2.42. The number of likely N-dealkylation sites (tertiary alicyclic amines) is 1. The summed E-state index contributed by atoms with van der Waals surface area (Å²) in [7, 11) is 0. The van der Waals surface area contributed by atoms with E-state index in [2.05, 4.69) is 24.0 Å². The van der Waals surface area contributed by atoms with Gasteiger partial charge in [0.1, 0.15) is 11.5 Å². The molecule has 1 aromatic rings. The van der Waals surface area contributed by atoms with Crippen LogP contribution in [0.2, 0.25) is 0 Å². The van der Waals surface area contributed by atoms with Crippen molar-refractivity contribution < 1.29 is 4.42 Å². The molecule has 0 amide bonds. The van der Waals surface area contributed by atoms with Gasteiger partial charge in [-0.15, -0.1) is 0 Å². The Balaban J connectivity index is 1.86. The number of rotatable bonds is 3. The van der Waals surface area contributed by atoms with Gasteiger partial charge < -0.3 is 10.2 Å². The molecule has 1 fully saturated rings. The van der Waals surface area contributed by atoms with Crippen LogP contribution in [0.3, 0.4) is 0 Å². The lowest BCUT2D eigenvalue weighted by Gasteiger charge is -2.29. The molecule has 2 N–H and O–H groups in total. The maximum atomic E-state index is 5.87. The van der Waals surface area contributed by atoms with Crippen LogP contribution < -0.4 is 5.73 Å². The first-order valence-electron chi connectivity index (χ1n) is 5.83. The summed E-state index contributed by atoms with van der Waals surface area (Å²) in [5.74, 6) is 2.17. The van der Waals surface area contributed by atoms with Crippen LogP contribution in [0.15, 0.2) is 16.5 Å². The van der Waals surface area contributed by atoms with Crippen molar-refractivity contribution in [2.45, 2.75) is 38.8 Å². The number of nitrogens with zero attached hydrogens (tertiary/aromatic N) is 1. The van der Waals surface area contributed by atoms with Gasteiger partial charge in [-0.3, -0.25) is 4.90 Å².